The van der Waals surface area contributed by atoms with E-state index >= 15 is 0 Å². The van der Waals surface area contributed by atoms with E-state index in [1.54, 1.807) is 24.3 Å². The number of para-hydroxylation sites is 1. The predicted octanol–water partition coefficient (Wildman–Crippen LogP) is 3.17. The summed E-state index contributed by atoms with van der Waals surface area (Å²) >= 11 is 0. The topological polar surface area (TPSA) is 90.4 Å². The minimum Gasteiger partial charge on any atom is -0.454 e. The Morgan fingerprint density at radius 3 is 2.77 bits per heavy atom. The van der Waals surface area contributed by atoms with Gasteiger partial charge in [0.15, 0.2) is 6.61 Å². The van der Waals surface area contributed by atoms with Gasteiger partial charge < -0.3 is 19.0 Å². The molecule has 0 bridgehead atoms. The zero-order valence-corrected chi connectivity index (χ0v) is 17.1. The minimum absolute atomic E-state index is 0.144. The molecule has 7 nitrogen and oxygen atoms in total. The highest BCUT2D eigenvalue weighted by Gasteiger charge is 2.22. The summed E-state index contributed by atoms with van der Waals surface area (Å²) in [7, 11) is 0. The van der Waals surface area contributed by atoms with E-state index in [4.69, 9.17) is 9.47 Å². The Labute approximate surface area is 173 Å². The highest BCUT2D eigenvalue weighted by Crippen LogP contribution is 2.21. The van der Waals surface area contributed by atoms with E-state index in [9.17, 15) is 14.4 Å². The van der Waals surface area contributed by atoms with Crippen molar-refractivity contribution in [1.29, 1.82) is 0 Å². The fourth-order valence-electron chi connectivity index (χ4n) is 4.02. The third-order valence-electron chi connectivity index (χ3n) is 5.59. The predicted molar refractivity (Wildman–Crippen MR) is 112 cm³/mol. The van der Waals surface area contributed by atoms with E-state index in [1.165, 1.54) is 6.07 Å². The number of nitrogens with zero attached hydrogens (tertiary/aromatic N) is 1. The summed E-state index contributed by atoms with van der Waals surface area (Å²) in [5.41, 5.74) is 2.63. The maximum absolute atomic E-state index is 12.7. The van der Waals surface area contributed by atoms with Crippen LogP contribution in [0.3, 0.4) is 0 Å². The van der Waals surface area contributed by atoms with Crippen LogP contribution in [0.2, 0.25) is 0 Å². The number of aromatic nitrogens is 2. The molecule has 1 atom stereocenters. The molecule has 0 saturated carbocycles. The molecule has 0 aliphatic carbocycles. The lowest BCUT2D eigenvalue weighted by Crippen LogP contribution is -2.19. The van der Waals surface area contributed by atoms with E-state index < -0.39 is 11.5 Å². The van der Waals surface area contributed by atoms with Crippen LogP contribution in [0, 0.1) is 13.8 Å². The van der Waals surface area contributed by atoms with Gasteiger partial charge in [0.05, 0.1) is 11.7 Å². The van der Waals surface area contributed by atoms with Gasteiger partial charge in [-0.3, -0.25) is 9.59 Å². The molecule has 1 aliphatic rings. The average Bonchev–Trinajstić information content (AvgIpc) is 3.35. The van der Waals surface area contributed by atoms with Crippen LogP contribution >= 0.6 is 0 Å². The molecule has 0 radical (unpaired) electrons. The molecule has 3 aromatic rings. The molecule has 2 aromatic heterocycles. The van der Waals surface area contributed by atoms with Crippen LogP contribution in [0.25, 0.3) is 10.9 Å². The van der Waals surface area contributed by atoms with Gasteiger partial charge >= 0.3 is 5.97 Å². The SMILES string of the molecule is Cc1cc(C(=O)COC(=O)c2cc(=O)[nH]c3ccccc23)c(C)n1C[C@H]1CCCO1. The number of esters is 1. The number of fused-ring (bicyclic) bond motifs is 1. The molecule has 1 aromatic carbocycles. The van der Waals surface area contributed by atoms with Crippen LogP contribution in [0.15, 0.2) is 41.2 Å². The Bertz CT molecular complexity index is 1170. The quantitative estimate of drug-likeness (QED) is 0.500. The van der Waals surface area contributed by atoms with Crippen molar-refractivity contribution in [2.45, 2.75) is 39.3 Å². The van der Waals surface area contributed by atoms with Gasteiger partial charge in [-0.05, 0) is 38.8 Å². The van der Waals surface area contributed by atoms with Crippen molar-refractivity contribution in [3.63, 3.8) is 0 Å². The third kappa shape index (κ3) is 3.93. The van der Waals surface area contributed by atoms with Crippen LogP contribution in [-0.4, -0.2) is 40.6 Å². The number of Topliss-reactive ketones (excluding diaryl/α,β-unsaturated/α-hetero) is 1. The highest BCUT2D eigenvalue weighted by molar-refractivity contribution is 6.05. The fourth-order valence-corrected chi connectivity index (χ4v) is 4.02. The van der Waals surface area contributed by atoms with E-state index in [2.05, 4.69) is 9.55 Å². The van der Waals surface area contributed by atoms with Crippen molar-refractivity contribution in [2.75, 3.05) is 13.2 Å². The molecule has 7 heteroatoms. The van der Waals surface area contributed by atoms with E-state index in [-0.39, 0.29) is 24.1 Å². The smallest absolute Gasteiger partial charge is 0.339 e. The second-order valence-electron chi connectivity index (χ2n) is 7.62. The molecule has 1 saturated heterocycles. The number of ketones is 1. The summed E-state index contributed by atoms with van der Waals surface area (Å²) < 4.78 is 13.1. The minimum atomic E-state index is -0.696. The van der Waals surface area contributed by atoms with E-state index in [0.29, 0.717) is 23.0 Å². The number of nitrogens with one attached hydrogen (secondary N) is 1. The maximum Gasteiger partial charge on any atom is 0.339 e. The Kier molecular flexibility index (Phi) is 5.55. The van der Waals surface area contributed by atoms with Crippen LogP contribution in [0.4, 0.5) is 0 Å². The van der Waals surface area contributed by atoms with Crippen LogP contribution < -0.4 is 5.56 Å². The zero-order valence-electron chi connectivity index (χ0n) is 17.1. The number of aryl methyl sites for hydroxylation is 1. The van der Waals surface area contributed by atoms with Gasteiger partial charge in [0.2, 0.25) is 11.3 Å². The molecule has 30 heavy (non-hydrogen) atoms. The van der Waals surface area contributed by atoms with Crippen LogP contribution in [0.1, 0.15) is 44.9 Å². The van der Waals surface area contributed by atoms with Crippen molar-refractivity contribution < 1.29 is 19.1 Å². The largest absolute Gasteiger partial charge is 0.454 e. The molecule has 1 N–H and O–H groups in total. The first-order valence-corrected chi connectivity index (χ1v) is 10.0. The number of carbonyl (C=O) groups excluding carboxylic acids is 2. The molecule has 4 rings (SSSR count). The summed E-state index contributed by atoms with van der Waals surface area (Å²) in [6.07, 6.45) is 2.24. The summed E-state index contributed by atoms with van der Waals surface area (Å²) in [6, 6.07) is 9.99. The third-order valence-corrected chi connectivity index (χ3v) is 5.59. The molecule has 156 valence electrons. The zero-order chi connectivity index (χ0) is 21.3. The van der Waals surface area contributed by atoms with Crippen molar-refractivity contribution >= 4 is 22.7 Å². The fraction of sp³-hybridized carbons (Fsp3) is 0.348. The Morgan fingerprint density at radius 1 is 1.20 bits per heavy atom. The number of aromatic amines is 1. The van der Waals surface area contributed by atoms with Crippen LogP contribution in [0.5, 0.6) is 0 Å². The number of hydrogen-bond donors (Lipinski definition) is 1. The first kappa shape index (κ1) is 20.1. The van der Waals surface area contributed by atoms with E-state index in [1.807, 2.05) is 19.9 Å². The standard InChI is InChI=1S/C23H24N2O5/c1-14-10-18(15(2)25(14)12-16-6-5-9-29-16)21(26)13-30-23(28)19-11-22(27)24-20-8-4-3-7-17(19)20/h3-4,7-8,10-11,16H,5-6,9,12-13H2,1-2H3,(H,24,27)/t16-/m1/s1. The average molecular weight is 408 g/mol. The summed E-state index contributed by atoms with van der Waals surface area (Å²) in [4.78, 5) is 39.9. The first-order chi connectivity index (χ1) is 14.4. The summed E-state index contributed by atoms with van der Waals surface area (Å²) in [5.74, 6) is -0.969. The first-order valence-electron chi connectivity index (χ1n) is 10.0. The second kappa shape index (κ2) is 8.28. The van der Waals surface area contributed by atoms with Gasteiger partial charge in [0.1, 0.15) is 0 Å². The van der Waals surface area contributed by atoms with Gasteiger partial charge in [0.25, 0.3) is 0 Å². The Hall–Kier alpha value is -3.19. The number of carbonyl (C=O) groups is 2. The number of ether oxygens (including phenoxy) is 2. The molecule has 1 aliphatic heterocycles. The van der Waals surface area contributed by atoms with Gasteiger partial charge in [-0.25, -0.2) is 4.79 Å². The molecular formula is C23H24N2O5. The number of benzene rings is 1. The monoisotopic (exact) mass is 408 g/mol. The molecular weight excluding hydrogens is 384 g/mol. The molecule has 0 amide bonds. The summed E-state index contributed by atoms with van der Waals surface area (Å²) in [5, 5.41) is 0.573. The number of H-pyrrole nitrogens is 1. The summed E-state index contributed by atoms with van der Waals surface area (Å²) in [6.45, 7) is 4.95. The van der Waals surface area contributed by atoms with Crippen molar-refractivity contribution in [3.05, 3.63) is 69.3 Å². The van der Waals surface area contributed by atoms with E-state index in [0.717, 1.165) is 30.8 Å². The molecule has 1 fully saturated rings. The lowest BCUT2D eigenvalue weighted by molar-refractivity contribution is 0.0476. The maximum atomic E-state index is 12.7. The second-order valence-corrected chi connectivity index (χ2v) is 7.62. The number of rotatable bonds is 6. The molecule has 0 spiro atoms. The number of pyridine rings is 1. The highest BCUT2D eigenvalue weighted by atomic mass is 16.5. The van der Waals surface area contributed by atoms with Gasteiger partial charge in [-0.1, -0.05) is 18.2 Å². The van der Waals surface area contributed by atoms with Crippen LogP contribution in [-0.2, 0) is 16.0 Å². The normalized spacial score (nSPS) is 16.1. The Morgan fingerprint density at radius 2 is 2.00 bits per heavy atom. The molecule has 0 unspecified atom stereocenters. The van der Waals surface area contributed by atoms with Gasteiger partial charge in [-0.2, -0.15) is 0 Å². The lowest BCUT2D eigenvalue weighted by Gasteiger charge is -2.14. The van der Waals surface area contributed by atoms with Crippen molar-refractivity contribution in [1.82, 2.24) is 9.55 Å². The van der Waals surface area contributed by atoms with Crippen molar-refractivity contribution in [3.8, 4) is 0 Å². The van der Waals surface area contributed by atoms with Gasteiger partial charge in [-0.15, -0.1) is 0 Å². The van der Waals surface area contributed by atoms with Gasteiger partial charge in [0, 0.05) is 47.1 Å². The Balaban J connectivity index is 1.49. The molecule has 3 heterocycles. The van der Waals surface area contributed by atoms with Crippen molar-refractivity contribution in [2.24, 2.45) is 0 Å². The number of hydrogen-bond acceptors (Lipinski definition) is 5. The lowest BCUT2D eigenvalue weighted by atomic mass is 10.1.